The van der Waals surface area contributed by atoms with E-state index in [1.165, 1.54) is 19.2 Å². The standard InChI is InChI=1S/C29H31FN2O6/c1-28(35,12-11-22(34)18-5-10-23(24(13-18)36-2)38-20-8-9-20)25-14-21-27(37-16-29(21,31)15-33)26(32-25)17-3-6-19(30)7-4-17/h3-7,10,13-14,20,33,35H,8-9,11-12,15-16,31H2,1-2H3/t28-,29?/m0/s1. The van der Waals surface area contributed by atoms with Crippen LogP contribution in [0.5, 0.6) is 17.2 Å². The highest BCUT2D eigenvalue weighted by molar-refractivity contribution is 5.96. The molecular weight excluding hydrogens is 491 g/mol. The summed E-state index contributed by atoms with van der Waals surface area (Å²) >= 11 is 0. The van der Waals surface area contributed by atoms with Gasteiger partial charge in [-0.3, -0.25) is 4.79 Å². The second-order valence-corrected chi connectivity index (χ2v) is 10.2. The second kappa shape index (κ2) is 9.98. The van der Waals surface area contributed by atoms with Crippen molar-refractivity contribution in [1.29, 1.82) is 0 Å². The fourth-order valence-electron chi connectivity index (χ4n) is 4.47. The van der Waals surface area contributed by atoms with Crippen LogP contribution in [-0.2, 0) is 11.1 Å². The topological polar surface area (TPSA) is 124 Å². The number of carbonyl (C=O) groups is 1. The number of aliphatic hydroxyl groups excluding tert-OH is 1. The van der Waals surface area contributed by atoms with Gasteiger partial charge in [0.1, 0.15) is 29.3 Å². The highest BCUT2D eigenvalue weighted by atomic mass is 19.1. The van der Waals surface area contributed by atoms with Crippen molar-refractivity contribution >= 4 is 5.78 Å². The van der Waals surface area contributed by atoms with E-state index in [4.69, 9.17) is 19.9 Å². The number of carbonyl (C=O) groups excluding carboxylic acids is 1. The number of rotatable bonds is 10. The van der Waals surface area contributed by atoms with Gasteiger partial charge in [-0.15, -0.1) is 0 Å². The summed E-state index contributed by atoms with van der Waals surface area (Å²) in [6, 6.07) is 12.4. The van der Waals surface area contributed by atoms with Gasteiger partial charge in [-0.2, -0.15) is 0 Å². The SMILES string of the molecule is COc1cc(C(=O)CC[C@](C)(O)c2cc3c(c(-c4ccc(F)cc4)n2)OCC3(N)CO)ccc1OC1CC1. The van der Waals surface area contributed by atoms with E-state index in [-0.39, 0.29) is 43.6 Å². The fraction of sp³-hybridized carbons (Fsp3) is 0.379. The first-order chi connectivity index (χ1) is 18.1. The third kappa shape index (κ3) is 5.09. The van der Waals surface area contributed by atoms with Gasteiger partial charge in [0.15, 0.2) is 23.0 Å². The van der Waals surface area contributed by atoms with Gasteiger partial charge < -0.3 is 30.2 Å². The van der Waals surface area contributed by atoms with E-state index in [9.17, 15) is 19.4 Å². The van der Waals surface area contributed by atoms with Gasteiger partial charge in [0.05, 0.1) is 25.5 Å². The van der Waals surface area contributed by atoms with Crippen molar-refractivity contribution in [3.05, 3.63) is 71.2 Å². The van der Waals surface area contributed by atoms with E-state index < -0.39 is 17.0 Å². The molecule has 0 spiro atoms. The molecule has 2 heterocycles. The molecule has 1 aliphatic carbocycles. The monoisotopic (exact) mass is 522 g/mol. The average Bonchev–Trinajstić information content (AvgIpc) is 3.68. The number of methoxy groups -OCH3 is 1. The molecule has 0 saturated heterocycles. The van der Waals surface area contributed by atoms with Crippen LogP contribution in [-0.4, -0.2) is 47.4 Å². The molecule has 0 radical (unpaired) electrons. The average molecular weight is 523 g/mol. The lowest BCUT2D eigenvalue weighted by Crippen LogP contribution is -2.42. The summed E-state index contributed by atoms with van der Waals surface area (Å²) < 4.78 is 30.6. The van der Waals surface area contributed by atoms with Crippen molar-refractivity contribution in [2.45, 2.75) is 49.9 Å². The molecule has 2 atom stereocenters. The van der Waals surface area contributed by atoms with Gasteiger partial charge in [-0.1, -0.05) is 0 Å². The van der Waals surface area contributed by atoms with Crippen molar-refractivity contribution in [1.82, 2.24) is 4.98 Å². The van der Waals surface area contributed by atoms with Gasteiger partial charge in [0.25, 0.3) is 0 Å². The molecule has 0 bridgehead atoms. The molecule has 3 aromatic rings. The number of ether oxygens (including phenoxy) is 3. The zero-order valence-electron chi connectivity index (χ0n) is 21.4. The van der Waals surface area contributed by atoms with Crippen LogP contribution in [0.15, 0.2) is 48.5 Å². The molecule has 5 rings (SSSR count). The molecule has 1 unspecified atom stereocenters. The molecular formula is C29H31FN2O6. The summed E-state index contributed by atoms with van der Waals surface area (Å²) in [5.74, 6) is 0.894. The number of hydrogen-bond acceptors (Lipinski definition) is 8. The predicted molar refractivity (Wildman–Crippen MR) is 138 cm³/mol. The van der Waals surface area contributed by atoms with Crippen molar-refractivity contribution in [3.63, 3.8) is 0 Å². The minimum Gasteiger partial charge on any atom is -0.493 e. The number of pyridine rings is 1. The summed E-state index contributed by atoms with van der Waals surface area (Å²) in [4.78, 5) is 17.7. The van der Waals surface area contributed by atoms with Crippen LogP contribution in [0.3, 0.4) is 0 Å². The molecule has 1 fully saturated rings. The molecule has 200 valence electrons. The highest BCUT2D eigenvalue weighted by Crippen LogP contribution is 2.44. The Morgan fingerprint density at radius 2 is 1.95 bits per heavy atom. The zero-order chi connectivity index (χ0) is 27.1. The van der Waals surface area contributed by atoms with Crippen LogP contribution in [0.1, 0.15) is 54.2 Å². The maximum absolute atomic E-state index is 13.6. The first kappa shape index (κ1) is 26.1. The Bertz CT molecular complexity index is 1360. The fourth-order valence-corrected chi connectivity index (χ4v) is 4.47. The number of aliphatic hydroxyl groups is 2. The number of fused-ring (bicyclic) bond motifs is 1. The highest BCUT2D eigenvalue weighted by Gasteiger charge is 2.41. The second-order valence-electron chi connectivity index (χ2n) is 10.2. The molecule has 1 aromatic heterocycles. The van der Waals surface area contributed by atoms with E-state index in [0.717, 1.165) is 12.8 Å². The Labute approximate surface area is 220 Å². The van der Waals surface area contributed by atoms with Crippen LogP contribution in [0.4, 0.5) is 4.39 Å². The first-order valence-corrected chi connectivity index (χ1v) is 12.6. The van der Waals surface area contributed by atoms with E-state index in [2.05, 4.69) is 4.98 Å². The van der Waals surface area contributed by atoms with Crippen molar-refractivity contribution in [3.8, 4) is 28.5 Å². The van der Waals surface area contributed by atoms with E-state index >= 15 is 0 Å². The van der Waals surface area contributed by atoms with Gasteiger partial charge in [-0.25, -0.2) is 9.37 Å². The lowest BCUT2D eigenvalue weighted by Gasteiger charge is -2.26. The predicted octanol–water partition coefficient (Wildman–Crippen LogP) is 3.85. The van der Waals surface area contributed by atoms with Gasteiger partial charge in [-0.05, 0) is 74.7 Å². The molecule has 0 amide bonds. The van der Waals surface area contributed by atoms with Crippen molar-refractivity contribution < 1.29 is 33.6 Å². The van der Waals surface area contributed by atoms with Gasteiger partial charge in [0, 0.05) is 23.1 Å². The largest absolute Gasteiger partial charge is 0.493 e. The van der Waals surface area contributed by atoms with E-state index in [1.807, 2.05) is 0 Å². The minimum atomic E-state index is -1.52. The Kier molecular flexibility index (Phi) is 6.85. The molecule has 2 aromatic carbocycles. The van der Waals surface area contributed by atoms with E-state index in [1.54, 1.807) is 43.3 Å². The number of benzene rings is 2. The summed E-state index contributed by atoms with van der Waals surface area (Å²) in [6.07, 6.45) is 2.32. The van der Waals surface area contributed by atoms with Crippen molar-refractivity contribution in [2.75, 3.05) is 20.3 Å². The third-order valence-corrected chi connectivity index (χ3v) is 7.08. The quantitative estimate of drug-likeness (QED) is 0.343. The third-order valence-electron chi connectivity index (χ3n) is 7.08. The summed E-state index contributed by atoms with van der Waals surface area (Å²) in [7, 11) is 1.53. The van der Waals surface area contributed by atoms with Crippen LogP contribution in [0, 0.1) is 5.82 Å². The maximum atomic E-state index is 13.6. The Hall–Kier alpha value is -3.53. The Morgan fingerprint density at radius 3 is 2.61 bits per heavy atom. The Morgan fingerprint density at radius 1 is 1.21 bits per heavy atom. The molecule has 38 heavy (non-hydrogen) atoms. The first-order valence-electron chi connectivity index (χ1n) is 12.6. The lowest BCUT2D eigenvalue weighted by atomic mass is 9.87. The summed E-state index contributed by atoms with van der Waals surface area (Å²) in [5, 5.41) is 21.4. The number of hydrogen-bond donors (Lipinski definition) is 3. The summed E-state index contributed by atoms with van der Waals surface area (Å²) in [6.45, 7) is 1.22. The van der Waals surface area contributed by atoms with Crippen LogP contribution in [0.25, 0.3) is 11.3 Å². The van der Waals surface area contributed by atoms with Gasteiger partial charge in [0.2, 0.25) is 0 Å². The van der Waals surface area contributed by atoms with Crippen LogP contribution < -0.4 is 19.9 Å². The molecule has 8 nitrogen and oxygen atoms in total. The Balaban J connectivity index is 1.41. The molecule has 1 saturated carbocycles. The van der Waals surface area contributed by atoms with E-state index in [0.29, 0.717) is 39.6 Å². The number of ketones is 1. The molecule has 2 aliphatic rings. The lowest BCUT2D eigenvalue weighted by molar-refractivity contribution is 0.0396. The zero-order valence-corrected chi connectivity index (χ0v) is 21.4. The minimum absolute atomic E-state index is 0.0288. The number of Topliss-reactive ketones (excluding diaryl/α,β-unsaturated/α-hetero) is 1. The number of aromatic nitrogens is 1. The molecule has 4 N–H and O–H groups in total. The smallest absolute Gasteiger partial charge is 0.163 e. The molecule has 9 heteroatoms. The van der Waals surface area contributed by atoms with Gasteiger partial charge >= 0.3 is 0 Å². The normalized spacial score (nSPS) is 19.8. The summed E-state index contributed by atoms with van der Waals surface area (Å²) in [5.41, 5.74) is 5.85. The van der Waals surface area contributed by atoms with Crippen LogP contribution >= 0.6 is 0 Å². The molecule has 1 aliphatic heterocycles. The number of nitrogens with two attached hydrogens (primary N) is 1. The number of halogens is 1. The van der Waals surface area contributed by atoms with Crippen LogP contribution in [0.2, 0.25) is 0 Å². The van der Waals surface area contributed by atoms with Crippen molar-refractivity contribution in [2.24, 2.45) is 5.73 Å². The maximum Gasteiger partial charge on any atom is 0.163 e. The number of nitrogens with zero attached hydrogens (tertiary/aromatic N) is 1.